The smallest absolute Gasteiger partial charge is 0.311 e. The summed E-state index contributed by atoms with van der Waals surface area (Å²) in [6.07, 6.45) is 2.20. The van der Waals surface area contributed by atoms with Crippen LogP contribution in [0.5, 0.6) is 0 Å². The van der Waals surface area contributed by atoms with Crippen molar-refractivity contribution in [3.05, 3.63) is 29.8 Å². The van der Waals surface area contributed by atoms with Crippen molar-refractivity contribution >= 4 is 17.6 Å². The number of anilines is 1. The van der Waals surface area contributed by atoms with E-state index in [1.807, 2.05) is 24.3 Å². The minimum atomic E-state index is -0.341. The molecule has 0 radical (unpaired) electrons. The molecule has 1 aromatic carbocycles. The summed E-state index contributed by atoms with van der Waals surface area (Å²) >= 11 is 0. The summed E-state index contributed by atoms with van der Waals surface area (Å²) in [5, 5.41) is 0. The molecule has 0 N–H and O–H groups in total. The predicted molar refractivity (Wildman–Crippen MR) is 72.9 cm³/mol. The van der Waals surface area contributed by atoms with E-state index in [0.29, 0.717) is 6.54 Å². The molecule has 0 saturated carbocycles. The molecule has 1 fully saturated rings. The standard InChI is InChI=1S/C15H19NO3/c1-3-6-11-7-4-5-8-13(11)16-10-12(9-14(16)17)15(18)19-2/h4-5,7-8,12H,3,6,9-10H2,1-2H3. The van der Waals surface area contributed by atoms with Gasteiger partial charge in [0.15, 0.2) is 0 Å². The average molecular weight is 261 g/mol. The lowest BCUT2D eigenvalue weighted by molar-refractivity contribution is -0.145. The molecule has 1 heterocycles. The highest BCUT2D eigenvalue weighted by Gasteiger charge is 2.36. The van der Waals surface area contributed by atoms with Crippen LogP contribution < -0.4 is 4.90 Å². The van der Waals surface area contributed by atoms with Gasteiger partial charge in [0.1, 0.15) is 0 Å². The van der Waals surface area contributed by atoms with Gasteiger partial charge in [-0.3, -0.25) is 9.59 Å². The Hall–Kier alpha value is -1.84. The van der Waals surface area contributed by atoms with Crippen molar-refractivity contribution in [2.75, 3.05) is 18.6 Å². The van der Waals surface area contributed by atoms with Gasteiger partial charge in [0.05, 0.1) is 13.0 Å². The van der Waals surface area contributed by atoms with Gasteiger partial charge in [-0.1, -0.05) is 31.5 Å². The second-order valence-corrected chi connectivity index (χ2v) is 4.81. The van der Waals surface area contributed by atoms with Crippen molar-refractivity contribution in [1.29, 1.82) is 0 Å². The van der Waals surface area contributed by atoms with Crippen LogP contribution in [-0.4, -0.2) is 25.5 Å². The number of benzene rings is 1. The predicted octanol–water partition coefficient (Wildman–Crippen LogP) is 2.17. The second kappa shape index (κ2) is 5.87. The largest absolute Gasteiger partial charge is 0.469 e. The fourth-order valence-electron chi connectivity index (χ4n) is 2.52. The molecule has 1 atom stereocenters. The number of amides is 1. The normalized spacial score (nSPS) is 18.7. The van der Waals surface area contributed by atoms with E-state index in [1.54, 1.807) is 4.90 Å². The van der Waals surface area contributed by atoms with E-state index in [2.05, 4.69) is 6.92 Å². The molecule has 1 saturated heterocycles. The Labute approximate surface area is 113 Å². The van der Waals surface area contributed by atoms with Crippen LogP contribution in [0, 0.1) is 5.92 Å². The third kappa shape index (κ3) is 2.78. The maximum Gasteiger partial charge on any atom is 0.311 e. The number of ether oxygens (including phenoxy) is 1. The number of hydrogen-bond donors (Lipinski definition) is 0. The first-order chi connectivity index (χ1) is 9.17. The van der Waals surface area contributed by atoms with Gasteiger partial charge in [-0.05, 0) is 18.1 Å². The van der Waals surface area contributed by atoms with E-state index in [-0.39, 0.29) is 24.2 Å². The number of para-hydroxylation sites is 1. The lowest BCUT2D eigenvalue weighted by Gasteiger charge is -2.20. The lowest BCUT2D eigenvalue weighted by atomic mass is 10.1. The third-order valence-electron chi connectivity index (χ3n) is 3.46. The summed E-state index contributed by atoms with van der Waals surface area (Å²) in [7, 11) is 1.36. The molecule has 0 bridgehead atoms. The first-order valence-corrected chi connectivity index (χ1v) is 6.63. The number of aryl methyl sites for hydroxylation is 1. The van der Waals surface area contributed by atoms with Gasteiger partial charge >= 0.3 is 5.97 Å². The zero-order chi connectivity index (χ0) is 13.8. The highest BCUT2D eigenvalue weighted by Crippen LogP contribution is 2.29. The maximum atomic E-state index is 12.1. The van der Waals surface area contributed by atoms with Gasteiger partial charge in [0.25, 0.3) is 0 Å². The quantitative estimate of drug-likeness (QED) is 0.780. The highest BCUT2D eigenvalue weighted by atomic mass is 16.5. The minimum absolute atomic E-state index is 0.000969. The van der Waals surface area contributed by atoms with E-state index in [9.17, 15) is 9.59 Å². The Morgan fingerprint density at radius 2 is 2.16 bits per heavy atom. The first-order valence-electron chi connectivity index (χ1n) is 6.63. The van der Waals surface area contributed by atoms with Gasteiger partial charge in [0.2, 0.25) is 5.91 Å². The molecular formula is C15H19NO3. The molecule has 0 spiro atoms. The Kier molecular flexibility index (Phi) is 4.20. The van der Waals surface area contributed by atoms with Crippen LogP contribution in [0.25, 0.3) is 0 Å². The second-order valence-electron chi connectivity index (χ2n) is 4.81. The van der Waals surface area contributed by atoms with Crippen molar-refractivity contribution < 1.29 is 14.3 Å². The SMILES string of the molecule is CCCc1ccccc1N1CC(C(=O)OC)CC1=O. The number of methoxy groups -OCH3 is 1. The maximum absolute atomic E-state index is 12.1. The summed E-state index contributed by atoms with van der Waals surface area (Å²) in [4.78, 5) is 25.3. The van der Waals surface area contributed by atoms with Crippen molar-refractivity contribution in [3.8, 4) is 0 Å². The molecule has 1 aliphatic heterocycles. The monoisotopic (exact) mass is 261 g/mol. The number of carbonyl (C=O) groups is 2. The summed E-state index contributed by atoms with van der Waals surface area (Å²) in [6.45, 7) is 2.53. The topological polar surface area (TPSA) is 46.6 Å². The molecule has 4 nitrogen and oxygen atoms in total. The van der Waals surface area contributed by atoms with E-state index in [1.165, 1.54) is 7.11 Å². The average Bonchev–Trinajstić information content (AvgIpc) is 2.81. The molecule has 2 rings (SSSR count). The number of esters is 1. The highest BCUT2D eigenvalue weighted by molar-refractivity contribution is 6.00. The van der Waals surface area contributed by atoms with Crippen LogP contribution in [-0.2, 0) is 20.7 Å². The van der Waals surface area contributed by atoms with Crippen LogP contribution in [0.4, 0.5) is 5.69 Å². The van der Waals surface area contributed by atoms with Crippen LogP contribution in [0.2, 0.25) is 0 Å². The molecular weight excluding hydrogens is 242 g/mol. The minimum Gasteiger partial charge on any atom is -0.469 e. The molecule has 0 aromatic heterocycles. The zero-order valence-corrected chi connectivity index (χ0v) is 11.4. The van der Waals surface area contributed by atoms with Gasteiger partial charge in [-0.25, -0.2) is 0 Å². The Morgan fingerprint density at radius 3 is 2.84 bits per heavy atom. The van der Waals surface area contributed by atoms with E-state index in [4.69, 9.17) is 4.74 Å². The Morgan fingerprint density at radius 1 is 1.42 bits per heavy atom. The van der Waals surface area contributed by atoms with E-state index >= 15 is 0 Å². The van der Waals surface area contributed by atoms with Crippen molar-refractivity contribution in [1.82, 2.24) is 0 Å². The van der Waals surface area contributed by atoms with Crippen LogP contribution in [0.3, 0.4) is 0 Å². The molecule has 1 amide bonds. The van der Waals surface area contributed by atoms with Crippen molar-refractivity contribution in [2.24, 2.45) is 5.92 Å². The first kappa shape index (κ1) is 13.6. The summed E-state index contributed by atoms with van der Waals surface area (Å²) in [6, 6.07) is 7.89. The van der Waals surface area contributed by atoms with Gasteiger partial charge in [-0.15, -0.1) is 0 Å². The molecule has 102 valence electrons. The van der Waals surface area contributed by atoms with Gasteiger partial charge in [0, 0.05) is 18.7 Å². The molecule has 1 aliphatic rings. The number of nitrogens with zero attached hydrogens (tertiary/aromatic N) is 1. The number of hydrogen-bond acceptors (Lipinski definition) is 3. The Balaban J connectivity index is 2.23. The van der Waals surface area contributed by atoms with Crippen LogP contribution in [0.1, 0.15) is 25.3 Å². The molecule has 1 unspecified atom stereocenters. The van der Waals surface area contributed by atoms with Crippen molar-refractivity contribution in [2.45, 2.75) is 26.2 Å². The van der Waals surface area contributed by atoms with Gasteiger partial charge in [-0.2, -0.15) is 0 Å². The van der Waals surface area contributed by atoms with Crippen LogP contribution >= 0.6 is 0 Å². The summed E-state index contributed by atoms with van der Waals surface area (Å²) in [5.74, 6) is -0.644. The Bertz CT molecular complexity index is 484. The number of carbonyl (C=O) groups excluding carboxylic acids is 2. The molecule has 0 aliphatic carbocycles. The summed E-state index contributed by atoms with van der Waals surface area (Å²) in [5.41, 5.74) is 2.09. The molecule has 4 heteroatoms. The van der Waals surface area contributed by atoms with Crippen molar-refractivity contribution in [3.63, 3.8) is 0 Å². The summed E-state index contributed by atoms with van der Waals surface area (Å²) < 4.78 is 4.73. The third-order valence-corrected chi connectivity index (χ3v) is 3.46. The fourth-order valence-corrected chi connectivity index (χ4v) is 2.52. The zero-order valence-electron chi connectivity index (χ0n) is 11.4. The van der Waals surface area contributed by atoms with E-state index in [0.717, 1.165) is 24.1 Å². The molecule has 1 aromatic rings. The van der Waals surface area contributed by atoms with Gasteiger partial charge < -0.3 is 9.64 Å². The lowest BCUT2D eigenvalue weighted by Crippen LogP contribution is -2.27. The number of rotatable bonds is 4. The molecule has 19 heavy (non-hydrogen) atoms. The fraction of sp³-hybridized carbons (Fsp3) is 0.467. The van der Waals surface area contributed by atoms with Crippen LogP contribution in [0.15, 0.2) is 24.3 Å². The van der Waals surface area contributed by atoms with E-state index < -0.39 is 0 Å².